The van der Waals surface area contributed by atoms with Gasteiger partial charge in [-0.3, -0.25) is 19.3 Å². The van der Waals surface area contributed by atoms with E-state index in [-0.39, 0.29) is 11.6 Å². The van der Waals surface area contributed by atoms with Crippen molar-refractivity contribution < 1.29 is 18.7 Å². The third-order valence-electron chi connectivity index (χ3n) is 15.4. The number of likely N-dealkylation sites (N-methyl/N-ethyl adjacent to an activating group) is 2. The van der Waals surface area contributed by atoms with Crippen LogP contribution in [0, 0.1) is 35.8 Å². The van der Waals surface area contributed by atoms with E-state index in [1.54, 1.807) is 0 Å². The molecule has 3 aromatic carbocycles. The maximum absolute atomic E-state index is 14.3. The first-order chi connectivity index (χ1) is 31.1. The quantitative estimate of drug-likeness (QED) is 0.139. The Morgan fingerprint density at radius 1 is 0.576 bits per heavy atom. The minimum atomic E-state index is -1.14. The second kappa shape index (κ2) is 14.4. The Balaban J connectivity index is 1.10. The van der Waals surface area contributed by atoms with E-state index in [4.69, 9.17) is 13.1 Å². The van der Waals surface area contributed by atoms with E-state index in [0.717, 1.165) is 67.8 Å². The van der Waals surface area contributed by atoms with Crippen LogP contribution in [0.1, 0.15) is 77.6 Å². The lowest BCUT2D eigenvalue weighted by atomic mass is 9.72. The van der Waals surface area contributed by atoms with Crippen LogP contribution in [0.3, 0.4) is 0 Å². The van der Waals surface area contributed by atoms with E-state index in [2.05, 4.69) is 133 Å². The number of para-hydroxylation sites is 2. The monoisotopic (exact) mass is 868 g/mol. The lowest BCUT2D eigenvalue weighted by molar-refractivity contribution is -0.404. The molecule has 2 unspecified atom stereocenters. The molecule has 0 fully saturated rings. The SMILES string of the molecule is [C-]#[N+]C(C#N)C1=C(C=C2N(C)c3ccccc3C2(C)C)C(=O)C1=CC1=[N+](C)c2cc3c(cc2C1(C)C)[N+](C)=C(C=C1C(=O)C(C=C2N(C)c4ccccc4C2(C)C)=C1C(C#N)[N+]#[C-])C3(C)C. The van der Waals surface area contributed by atoms with Gasteiger partial charge in [0.2, 0.25) is 11.4 Å². The smallest absolute Gasteiger partial charge is 0.333 e. The van der Waals surface area contributed by atoms with E-state index in [1.165, 1.54) is 0 Å². The number of nitrogens with zero attached hydrogens (tertiary/aromatic N) is 8. The Hall–Kier alpha value is -7.66. The summed E-state index contributed by atoms with van der Waals surface area (Å²) in [5, 5.41) is 20.5. The Morgan fingerprint density at radius 3 is 1.24 bits per heavy atom. The largest absolute Gasteiger partial charge is 0.347 e. The molecule has 4 heterocycles. The van der Waals surface area contributed by atoms with Crippen LogP contribution in [0.25, 0.3) is 9.69 Å². The molecular formula is C56H52N8O2+2. The summed E-state index contributed by atoms with van der Waals surface area (Å²) in [6.07, 6.45) is 7.52. The highest BCUT2D eigenvalue weighted by atomic mass is 16.1. The molecule has 6 aliphatic rings. The summed E-state index contributed by atoms with van der Waals surface area (Å²) in [6, 6.07) is 22.7. The Labute approximate surface area is 387 Å². The third kappa shape index (κ3) is 5.68. The molecule has 0 spiro atoms. The fourth-order valence-corrected chi connectivity index (χ4v) is 11.5. The van der Waals surface area contributed by atoms with Crippen LogP contribution in [0.2, 0.25) is 0 Å². The zero-order chi connectivity index (χ0) is 47.7. The molecule has 0 radical (unpaired) electrons. The Kier molecular flexibility index (Phi) is 9.52. The van der Waals surface area contributed by atoms with Crippen molar-refractivity contribution in [2.45, 2.75) is 89.1 Å². The topological polar surface area (TPSA) is 103 Å². The molecule has 0 saturated carbocycles. The fraction of sp³-hybridized carbons (Fsp3) is 0.321. The summed E-state index contributed by atoms with van der Waals surface area (Å²) in [5.74, 6) is -0.381. The maximum atomic E-state index is 14.3. The summed E-state index contributed by atoms with van der Waals surface area (Å²) in [6.45, 7) is 32.9. The number of rotatable bonds is 6. The van der Waals surface area contributed by atoms with Gasteiger partial charge in [0.25, 0.3) is 0 Å². The second-order valence-electron chi connectivity index (χ2n) is 20.2. The van der Waals surface area contributed by atoms with Gasteiger partial charge in [0.05, 0.1) is 22.0 Å². The number of hydrogen-bond donors (Lipinski definition) is 0. The van der Waals surface area contributed by atoms with Gasteiger partial charge < -0.3 is 9.80 Å². The molecule has 0 aromatic heterocycles. The van der Waals surface area contributed by atoms with Gasteiger partial charge in [-0.1, -0.05) is 64.1 Å². The van der Waals surface area contributed by atoms with Gasteiger partial charge in [0.1, 0.15) is 14.1 Å². The van der Waals surface area contributed by atoms with Gasteiger partial charge in [0, 0.05) is 105 Å². The summed E-state index contributed by atoms with van der Waals surface area (Å²) >= 11 is 0. The Morgan fingerprint density at radius 2 is 0.924 bits per heavy atom. The number of nitriles is 2. The van der Waals surface area contributed by atoms with Crippen molar-refractivity contribution in [2.75, 3.05) is 38.0 Å². The van der Waals surface area contributed by atoms with Gasteiger partial charge in [0.15, 0.2) is 35.1 Å². The lowest BCUT2D eigenvalue weighted by Gasteiger charge is -2.28. The van der Waals surface area contributed by atoms with E-state index in [9.17, 15) is 20.1 Å². The van der Waals surface area contributed by atoms with Crippen LogP contribution in [0.15, 0.2) is 130 Å². The molecule has 326 valence electrons. The highest BCUT2D eigenvalue weighted by Gasteiger charge is 2.53. The van der Waals surface area contributed by atoms with Crippen molar-refractivity contribution in [3.63, 3.8) is 0 Å². The van der Waals surface area contributed by atoms with Crippen molar-refractivity contribution in [1.29, 1.82) is 10.5 Å². The number of carbonyl (C=O) groups excluding carboxylic acids is 2. The predicted molar refractivity (Wildman–Crippen MR) is 258 cm³/mol. The average molecular weight is 869 g/mol. The lowest BCUT2D eigenvalue weighted by Crippen LogP contribution is -2.33. The molecule has 0 amide bonds. The van der Waals surface area contributed by atoms with Crippen LogP contribution >= 0.6 is 0 Å². The molecule has 0 bridgehead atoms. The molecule has 10 nitrogen and oxygen atoms in total. The number of allylic oxidation sites excluding steroid dienone is 8. The number of anilines is 2. The molecule has 0 N–H and O–H groups in total. The zero-order valence-electron chi connectivity index (χ0n) is 39.6. The summed E-state index contributed by atoms with van der Waals surface area (Å²) < 4.78 is 4.20. The normalized spacial score (nSPS) is 23.6. The van der Waals surface area contributed by atoms with Crippen molar-refractivity contribution >= 4 is 45.7 Å². The first kappa shape index (κ1) is 43.6. The third-order valence-corrected chi connectivity index (χ3v) is 15.4. The number of hydrogen-bond acceptors (Lipinski definition) is 6. The van der Waals surface area contributed by atoms with Crippen LogP contribution in [-0.4, -0.2) is 72.4 Å². The molecule has 66 heavy (non-hydrogen) atoms. The molecule has 2 atom stereocenters. The number of carbonyl (C=O) groups is 2. The second-order valence-corrected chi connectivity index (χ2v) is 20.2. The molecule has 2 aliphatic carbocycles. The van der Waals surface area contributed by atoms with Gasteiger partial charge in [-0.25, -0.2) is 13.1 Å². The van der Waals surface area contributed by atoms with Crippen LogP contribution in [-0.2, 0) is 31.2 Å². The van der Waals surface area contributed by atoms with Crippen molar-refractivity contribution in [1.82, 2.24) is 0 Å². The minimum absolute atomic E-state index is 0.191. The molecule has 9 rings (SSSR count). The first-order valence-corrected chi connectivity index (χ1v) is 22.2. The van der Waals surface area contributed by atoms with Gasteiger partial charge in [-0.2, -0.15) is 19.7 Å². The Bertz CT molecular complexity index is 3040. The number of benzene rings is 3. The van der Waals surface area contributed by atoms with Crippen molar-refractivity contribution in [3.8, 4) is 12.1 Å². The van der Waals surface area contributed by atoms with E-state index in [1.807, 2.05) is 76.8 Å². The predicted octanol–water partition coefficient (Wildman–Crippen LogP) is 9.56. The van der Waals surface area contributed by atoms with E-state index < -0.39 is 33.7 Å². The molecule has 3 aromatic rings. The number of fused-ring (bicyclic) bond motifs is 4. The zero-order valence-corrected chi connectivity index (χ0v) is 39.6. The van der Waals surface area contributed by atoms with Crippen LogP contribution < -0.4 is 9.80 Å². The molecule has 4 aliphatic heterocycles. The summed E-state index contributed by atoms with van der Waals surface area (Å²) in [7, 11) is 7.94. The average Bonchev–Trinajstić information content (AvgIpc) is 3.78. The molecular weight excluding hydrogens is 817 g/mol. The number of Topliss-reactive ketones (excluding diaryl/α,β-unsaturated/α-hetero) is 2. The fourth-order valence-electron chi connectivity index (χ4n) is 11.5. The van der Waals surface area contributed by atoms with Gasteiger partial charge in [-0.05, 0) is 63.1 Å². The number of ketones is 2. The maximum Gasteiger partial charge on any atom is 0.333 e. The van der Waals surface area contributed by atoms with Crippen LogP contribution in [0.5, 0.6) is 0 Å². The minimum Gasteiger partial charge on any atom is -0.347 e. The van der Waals surface area contributed by atoms with Crippen molar-refractivity contribution in [2.24, 2.45) is 0 Å². The van der Waals surface area contributed by atoms with E-state index >= 15 is 0 Å². The van der Waals surface area contributed by atoms with Crippen LogP contribution in [0.4, 0.5) is 22.7 Å². The molecule has 0 saturated heterocycles. The highest BCUT2D eigenvalue weighted by Crippen LogP contribution is 2.53. The first-order valence-electron chi connectivity index (χ1n) is 22.2. The standard InChI is InChI=1S/C56H52N8O2/c1-53(2)35-19-15-17-21-41(35)61(11)45(53)23-31-49(39(29-57)59-9)33(51(31)65)25-47-55(5,6)37-27-44-38(28-43(37)63(47)13)56(7,8)48(64(44)14)26-34-50(40(30-58)60-10)32(52(34)66)24-46-54(3,4)36-20-16-18-22-42(36)62(46)12/h15-28,39-40H,1-8,11-14H3/q+2. The molecule has 10 heteroatoms. The summed E-state index contributed by atoms with van der Waals surface area (Å²) in [4.78, 5) is 40.2. The van der Waals surface area contributed by atoms with Gasteiger partial charge in [-0.15, -0.1) is 0 Å². The van der Waals surface area contributed by atoms with E-state index in [0.29, 0.717) is 33.4 Å². The van der Waals surface area contributed by atoms with Gasteiger partial charge >= 0.3 is 12.1 Å². The van der Waals surface area contributed by atoms with Crippen molar-refractivity contribution in [3.05, 3.63) is 175 Å². The highest BCUT2D eigenvalue weighted by molar-refractivity contribution is 6.26. The summed E-state index contributed by atoms with van der Waals surface area (Å²) in [5.41, 5.74) is 12.5.